The maximum atomic E-state index is 11.3. The minimum atomic E-state index is -0.202. The van der Waals surface area contributed by atoms with Gasteiger partial charge in [-0.05, 0) is 6.07 Å². The smallest absolute Gasteiger partial charge is 0.166 e. The van der Waals surface area contributed by atoms with Gasteiger partial charge in [0.1, 0.15) is 11.5 Å². The summed E-state index contributed by atoms with van der Waals surface area (Å²) < 4.78 is 0. The second kappa shape index (κ2) is 4.11. The monoisotopic (exact) mass is 195 g/mol. The Bertz CT molecular complexity index is 361. The normalized spacial score (nSPS) is 10.1. The number of rotatable bonds is 3. The van der Waals surface area contributed by atoms with Crippen LogP contribution in [0.4, 0.5) is 0 Å². The molecule has 0 spiro atoms. The second-order valence-corrected chi connectivity index (χ2v) is 2.98. The first-order chi connectivity index (χ1) is 6.60. The number of phenolic OH excluding ortho intramolecular Hbond substituents is 2. The van der Waals surface area contributed by atoms with Crippen LogP contribution in [0.5, 0.6) is 11.5 Å². The molecular formula is C10H13NO3. The molecule has 0 aromatic heterocycles. The van der Waals surface area contributed by atoms with E-state index in [-0.39, 0.29) is 29.4 Å². The molecule has 0 atom stereocenters. The van der Waals surface area contributed by atoms with Gasteiger partial charge in [-0.25, -0.2) is 0 Å². The molecule has 0 heterocycles. The number of hydrogen-bond donors (Lipinski definition) is 3. The van der Waals surface area contributed by atoms with Crippen molar-refractivity contribution in [3.05, 3.63) is 23.3 Å². The predicted molar refractivity (Wildman–Crippen MR) is 52.3 cm³/mol. The van der Waals surface area contributed by atoms with E-state index in [2.05, 4.69) is 0 Å². The lowest BCUT2D eigenvalue weighted by molar-refractivity contribution is 0.0985. The molecule has 0 amide bonds. The zero-order valence-electron chi connectivity index (χ0n) is 7.95. The number of benzene rings is 1. The number of nitrogens with two attached hydrogens (primary N) is 1. The fourth-order valence-electron chi connectivity index (χ4n) is 1.20. The van der Waals surface area contributed by atoms with Gasteiger partial charge in [-0.2, -0.15) is 0 Å². The van der Waals surface area contributed by atoms with Gasteiger partial charge >= 0.3 is 0 Å². The van der Waals surface area contributed by atoms with Crippen LogP contribution in [0.3, 0.4) is 0 Å². The van der Waals surface area contributed by atoms with Gasteiger partial charge in [0.15, 0.2) is 5.78 Å². The molecule has 0 fully saturated rings. The third kappa shape index (κ3) is 1.85. The average Bonchev–Trinajstić information content (AvgIpc) is 2.17. The Kier molecular flexibility index (Phi) is 3.09. The molecule has 4 N–H and O–H groups in total. The van der Waals surface area contributed by atoms with E-state index in [1.54, 1.807) is 6.92 Å². The number of carbonyl (C=O) groups is 1. The van der Waals surface area contributed by atoms with Gasteiger partial charge in [0.25, 0.3) is 0 Å². The number of carbonyl (C=O) groups excluding carboxylic acids is 1. The van der Waals surface area contributed by atoms with Crippen molar-refractivity contribution < 1.29 is 15.0 Å². The molecule has 0 saturated heterocycles. The largest absolute Gasteiger partial charge is 0.507 e. The number of hydrogen-bond acceptors (Lipinski definition) is 4. The predicted octanol–water partition coefficient (Wildman–Crippen LogP) is 1.15. The minimum absolute atomic E-state index is 0.0855. The molecule has 0 aliphatic heterocycles. The van der Waals surface area contributed by atoms with Crippen LogP contribution < -0.4 is 5.73 Å². The summed E-state index contributed by atoms with van der Waals surface area (Å²) in [7, 11) is 0. The summed E-state index contributed by atoms with van der Waals surface area (Å²) >= 11 is 0. The lowest BCUT2D eigenvalue weighted by atomic mass is 10.0. The van der Waals surface area contributed by atoms with Crippen molar-refractivity contribution in [3.63, 3.8) is 0 Å². The molecule has 1 aromatic rings. The van der Waals surface area contributed by atoms with Crippen molar-refractivity contribution in [2.45, 2.75) is 19.9 Å². The van der Waals surface area contributed by atoms with E-state index in [0.29, 0.717) is 12.0 Å². The average molecular weight is 195 g/mol. The van der Waals surface area contributed by atoms with Crippen molar-refractivity contribution in [1.82, 2.24) is 0 Å². The topological polar surface area (TPSA) is 83.6 Å². The molecule has 14 heavy (non-hydrogen) atoms. The van der Waals surface area contributed by atoms with Gasteiger partial charge in [-0.15, -0.1) is 0 Å². The quantitative estimate of drug-likeness (QED) is 0.632. The number of aromatic hydroxyl groups is 2. The molecule has 0 aliphatic rings. The third-order valence-electron chi connectivity index (χ3n) is 2.04. The highest BCUT2D eigenvalue weighted by Gasteiger charge is 2.12. The summed E-state index contributed by atoms with van der Waals surface area (Å²) in [5.41, 5.74) is 6.03. The van der Waals surface area contributed by atoms with E-state index in [4.69, 9.17) is 5.73 Å². The zero-order valence-corrected chi connectivity index (χ0v) is 7.95. The summed E-state index contributed by atoms with van der Waals surface area (Å²) in [6.07, 6.45) is 0.308. The van der Waals surface area contributed by atoms with E-state index < -0.39 is 0 Å². The standard InChI is InChI=1S/C10H13NO3/c1-2-8(12)7-3-6(5-11)9(13)4-10(7)14/h3-4,13-14H,2,5,11H2,1H3. The first-order valence-corrected chi connectivity index (χ1v) is 4.38. The fourth-order valence-corrected chi connectivity index (χ4v) is 1.20. The van der Waals surface area contributed by atoms with Crippen LogP contribution in [0.25, 0.3) is 0 Å². The van der Waals surface area contributed by atoms with Gasteiger partial charge < -0.3 is 15.9 Å². The van der Waals surface area contributed by atoms with Crippen molar-refractivity contribution in [2.75, 3.05) is 0 Å². The second-order valence-electron chi connectivity index (χ2n) is 2.98. The van der Waals surface area contributed by atoms with Crippen LogP contribution >= 0.6 is 0 Å². The maximum absolute atomic E-state index is 11.3. The highest BCUT2D eigenvalue weighted by molar-refractivity contribution is 5.98. The van der Waals surface area contributed by atoms with Crippen LogP contribution in [0.1, 0.15) is 29.3 Å². The van der Waals surface area contributed by atoms with Crippen LogP contribution in [-0.2, 0) is 6.54 Å². The summed E-state index contributed by atoms with van der Waals surface area (Å²) in [6.45, 7) is 1.84. The zero-order chi connectivity index (χ0) is 10.7. The Balaban J connectivity index is 3.24. The summed E-state index contributed by atoms with van der Waals surface area (Å²) in [5, 5.41) is 18.7. The molecule has 76 valence electrons. The Morgan fingerprint density at radius 1 is 1.36 bits per heavy atom. The Labute approximate surface area is 82.0 Å². The molecule has 0 bridgehead atoms. The highest BCUT2D eigenvalue weighted by Crippen LogP contribution is 2.27. The van der Waals surface area contributed by atoms with Crippen LogP contribution in [0.2, 0.25) is 0 Å². The minimum Gasteiger partial charge on any atom is -0.507 e. The molecule has 0 aliphatic carbocycles. The first kappa shape index (κ1) is 10.5. The molecular weight excluding hydrogens is 182 g/mol. The number of ketones is 1. The Morgan fingerprint density at radius 2 is 2.00 bits per heavy atom. The van der Waals surface area contributed by atoms with Crippen molar-refractivity contribution in [3.8, 4) is 11.5 Å². The molecule has 1 aromatic carbocycles. The lowest BCUT2D eigenvalue weighted by Gasteiger charge is -2.06. The number of phenols is 2. The Hall–Kier alpha value is -1.55. The maximum Gasteiger partial charge on any atom is 0.166 e. The Morgan fingerprint density at radius 3 is 2.50 bits per heavy atom. The summed E-state index contributed by atoms with van der Waals surface area (Å²) in [6, 6.07) is 2.57. The SMILES string of the molecule is CCC(=O)c1cc(CN)c(O)cc1O. The van der Waals surface area contributed by atoms with Crippen LogP contribution in [0, 0.1) is 0 Å². The molecule has 0 unspecified atom stereocenters. The lowest BCUT2D eigenvalue weighted by Crippen LogP contribution is -2.02. The van der Waals surface area contributed by atoms with Gasteiger partial charge in [-0.1, -0.05) is 6.92 Å². The highest BCUT2D eigenvalue weighted by atomic mass is 16.3. The van der Waals surface area contributed by atoms with Gasteiger partial charge in [0, 0.05) is 24.6 Å². The fraction of sp³-hybridized carbons (Fsp3) is 0.300. The van der Waals surface area contributed by atoms with E-state index in [9.17, 15) is 15.0 Å². The van der Waals surface area contributed by atoms with Crippen molar-refractivity contribution in [2.24, 2.45) is 5.73 Å². The molecule has 4 nitrogen and oxygen atoms in total. The van der Waals surface area contributed by atoms with E-state index >= 15 is 0 Å². The number of Topliss-reactive ketones (excluding diaryl/α,β-unsaturated/α-hetero) is 1. The molecule has 0 saturated carbocycles. The van der Waals surface area contributed by atoms with E-state index in [0.717, 1.165) is 6.07 Å². The molecule has 0 radical (unpaired) electrons. The van der Waals surface area contributed by atoms with E-state index in [1.807, 2.05) is 0 Å². The first-order valence-electron chi connectivity index (χ1n) is 4.38. The summed E-state index contributed by atoms with van der Waals surface area (Å²) in [4.78, 5) is 11.3. The van der Waals surface area contributed by atoms with Gasteiger partial charge in [0.05, 0.1) is 5.56 Å². The molecule has 4 heteroatoms. The molecule has 1 rings (SSSR count). The van der Waals surface area contributed by atoms with Crippen molar-refractivity contribution in [1.29, 1.82) is 0 Å². The van der Waals surface area contributed by atoms with Crippen molar-refractivity contribution >= 4 is 5.78 Å². The van der Waals surface area contributed by atoms with Gasteiger partial charge in [-0.3, -0.25) is 4.79 Å². The summed E-state index contributed by atoms with van der Waals surface area (Å²) in [5.74, 6) is -0.457. The third-order valence-corrected chi connectivity index (χ3v) is 2.04. The van der Waals surface area contributed by atoms with Gasteiger partial charge in [0.2, 0.25) is 0 Å². The van der Waals surface area contributed by atoms with E-state index in [1.165, 1.54) is 6.07 Å². The van der Waals surface area contributed by atoms with Crippen LogP contribution in [-0.4, -0.2) is 16.0 Å². The van der Waals surface area contributed by atoms with Crippen LogP contribution in [0.15, 0.2) is 12.1 Å².